The third-order valence-electron chi connectivity index (χ3n) is 15.9. The lowest BCUT2D eigenvalue weighted by molar-refractivity contribution is 1.32. The van der Waals surface area contributed by atoms with E-state index in [-0.39, 0.29) is 225 Å². The quantitative estimate of drug-likeness (QED) is 0.137. The van der Waals surface area contributed by atoms with Crippen molar-refractivity contribution in [2.24, 2.45) is 0 Å². The first kappa shape index (κ1) is 63.4. The Balaban J connectivity index is 1.32. The van der Waals surface area contributed by atoms with Crippen LogP contribution < -0.4 is 163 Å². The highest BCUT2D eigenvalue weighted by molar-refractivity contribution is 6.74. The van der Waals surface area contributed by atoms with E-state index in [4.69, 9.17) is 228 Å². The molecule has 0 spiro atoms. The van der Waals surface area contributed by atoms with Crippen LogP contribution in [0.25, 0.3) is 77.2 Å². The van der Waals surface area contributed by atoms with Crippen molar-refractivity contribution in [3.63, 3.8) is 0 Å². The summed E-state index contributed by atoms with van der Waals surface area (Å²) in [6, 6.07) is 15.6. The van der Waals surface area contributed by atoms with Crippen LogP contribution in [-0.2, 0) is 0 Å². The van der Waals surface area contributed by atoms with Gasteiger partial charge in [-0.2, -0.15) is 0 Å². The number of rotatable bonds is 8. The van der Waals surface area contributed by atoms with Gasteiger partial charge in [0, 0.05) is 17.1 Å². The number of hydrogen-bond acceptors (Lipinski definition) is 1. The number of fused-ring (bicyclic) bond motifs is 2. The normalized spacial score (nSPS) is 11.4. The molecule has 0 heterocycles. The molecule has 10 aromatic rings. The number of benzene rings is 10. The molecule has 326 valence electrons. The van der Waals surface area contributed by atoms with Crippen molar-refractivity contribution in [2.75, 3.05) is 4.90 Å². The van der Waals surface area contributed by atoms with Gasteiger partial charge in [-0.05, 0) is 95.4 Å². The molecule has 0 aliphatic heterocycles. The Bertz CT molecular complexity index is 4650. The molecular weight excluding hydrogens is 1000 g/mol. The minimum atomic E-state index is -0.186. The highest BCUT2D eigenvalue weighted by Gasteiger charge is 2.29. The Kier molecular flexibility index (Phi) is 17.0. The molecule has 10 aromatic carbocycles. The average molecular weight is 1010 g/mol. The third kappa shape index (κ3) is 9.76. The molecule has 10 rings (SSSR count). The first-order chi connectivity index (χ1) is 40.3. The minimum absolute atomic E-state index is 0.000722. The standard InChI is InChI=1S/C56H10B29N/c57-19-5-13-14(6-20(19)58)29(23(61)7-15(13)31-42(72)50(80)54(84)51(81)43(31)73)32-21(59)3-11(4-22(32)60)86(56-26(64)10-18(37(67)55(56)85)30-33-34(45(75)49(79)41(30)71)46(76)53(83)52(82)44(33)74)27-2-1-12(16-8-24(62)38(68)47(77)35(16)65)28(40(27)70)17-9-25(63)39(69)48(78)36(17)66/h1-10H. The van der Waals surface area contributed by atoms with E-state index in [0.717, 1.165) is 0 Å². The molecule has 0 saturated carbocycles. The second-order valence-electron chi connectivity index (χ2n) is 20.8. The van der Waals surface area contributed by atoms with E-state index in [1.165, 1.54) is 23.1 Å². The van der Waals surface area contributed by atoms with Crippen LogP contribution in [0, 0.1) is 0 Å². The molecule has 1 nitrogen and oxygen atoms in total. The monoisotopic (exact) mass is 1020 g/mol. The van der Waals surface area contributed by atoms with Crippen LogP contribution in [-0.4, -0.2) is 228 Å². The summed E-state index contributed by atoms with van der Waals surface area (Å²) in [6.45, 7) is 0. The molecule has 58 radical (unpaired) electrons. The fraction of sp³-hybridized carbons (Fsp3) is 0. The molecule has 0 unspecified atom stereocenters. The van der Waals surface area contributed by atoms with Crippen LogP contribution in [0.5, 0.6) is 0 Å². The van der Waals surface area contributed by atoms with Crippen molar-refractivity contribution in [1.29, 1.82) is 0 Å². The molecule has 0 fully saturated rings. The fourth-order valence-corrected chi connectivity index (χ4v) is 11.3. The van der Waals surface area contributed by atoms with Crippen molar-refractivity contribution in [1.82, 2.24) is 0 Å². The SMILES string of the molecule is [B]c1cc2c(-c3c([B])c([B])c([B])c([B])c3[B])cc([B])c(-c3c([B])cc(N(c4ccc(-c5cc([B])c([B])c([B])c5[B])c(-c5cc([B])c([B])c([B])c5[B])c4[B])c4c([B])cc(-c5c([B])c([B])c([B])c6c([B])c([B])c([B])c([B])c56)c([B])c4[B])cc3[B])c2cc1[B]. The van der Waals surface area contributed by atoms with Gasteiger partial charge in [0.25, 0.3) is 0 Å². The van der Waals surface area contributed by atoms with Gasteiger partial charge in [0.05, 0.1) is 0 Å². The zero-order valence-corrected chi connectivity index (χ0v) is 46.0. The highest BCUT2D eigenvalue weighted by Crippen LogP contribution is 2.38. The van der Waals surface area contributed by atoms with E-state index in [1.54, 1.807) is 42.5 Å². The largest absolute Gasteiger partial charge is 0.312 e. The van der Waals surface area contributed by atoms with E-state index >= 15 is 0 Å². The molecule has 0 aliphatic carbocycles. The first-order valence-corrected chi connectivity index (χ1v) is 25.6. The maximum atomic E-state index is 7.55. The highest BCUT2D eigenvalue weighted by atomic mass is 15.1. The Morgan fingerprint density at radius 1 is 0.198 bits per heavy atom. The summed E-state index contributed by atoms with van der Waals surface area (Å²) in [4.78, 5) is 1.54. The van der Waals surface area contributed by atoms with Gasteiger partial charge in [0.15, 0.2) is 0 Å². The van der Waals surface area contributed by atoms with Gasteiger partial charge < -0.3 is 4.90 Å². The molecule has 0 bridgehead atoms. The van der Waals surface area contributed by atoms with Gasteiger partial charge >= 0.3 is 0 Å². The second kappa shape index (κ2) is 23.1. The molecule has 0 aliphatic rings. The summed E-state index contributed by atoms with van der Waals surface area (Å²) in [5.74, 6) is 0. The summed E-state index contributed by atoms with van der Waals surface area (Å²) in [5.41, 5.74) is 2.27. The molecular formula is C56H10B29N. The van der Waals surface area contributed by atoms with Crippen molar-refractivity contribution in [3.8, 4) is 55.6 Å². The van der Waals surface area contributed by atoms with Crippen LogP contribution in [0.2, 0.25) is 0 Å². The molecule has 0 amide bonds. The number of nitrogens with zero attached hydrogens (tertiary/aromatic N) is 1. The van der Waals surface area contributed by atoms with Crippen molar-refractivity contribution >= 4 is 425 Å². The van der Waals surface area contributed by atoms with Crippen molar-refractivity contribution in [2.45, 2.75) is 0 Å². The van der Waals surface area contributed by atoms with Crippen molar-refractivity contribution < 1.29 is 0 Å². The molecule has 86 heavy (non-hydrogen) atoms. The van der Waals surface area contributed by atoms with Crippen LogP contribution in [0.3, 0.4) is 0 Å². The number of hydrogen-bond donors (Lipinski definition) is 0. The summed E-state index contributed by atoms with van der Waals surface area (Å²) in [7, 11) is 194. The lowest BCUT2D eigenvalue weighted by atomic mass is 9.58. The van der Waals surface area contributed by atoms with E-state index in [0.29, 0.717) is 27.5 Å². The maximum absolute atomic E-state index is 7.55. The van der Waals surface area contributed by atoms with Gasteiger partial charge in [0.1, 0.15) is 228 Å². The first-order valence-electron chi connectivity index (χ1n) is 25.6. The predicted octanol–water partition coefficient (Wildman–Crippen LogP) is -19.2. The van der Waals surface area contributed by atoms with Crippen LogP contribution in [0.4, 0.5) is 17.1 Å². The predicted molar refractivity (Wildman–Crippen MR) is 400 cm³/mol. The van der Waals surface area contributed by atoms with Gasteiger partial charge in [0.2, 0.25) is 0 Å². The van der Waals surface area contributed by atoms with E-state index in [2.05, 4.69) is 0 Å². The molecule has 0 saturated heterocycles. The summed E-state index contributed by atoms with van der Waals surface area (Å²) in [5, 5.41) is 1.12. The molecule has 0 atom stereocenters. The summed E-state index contributed by atoms with van der Waals surface area (Å²) >= 11 is 0. The Labute approximate surface area is 541 Å². The van der Waals surface area contributed by atoms with E-state index in [9.17, 15) is 0 Å². The van der Waals surface area contributed by atoms with E-state index < -0.39 is 0 Å². The van der Waals surface area contributed by atoms with Gasteiger partial charge in [-0.15, -0.1) is 76.5 Å². The summed E-state index contributed by atoms with van der Waals surface area (Å²) < 4.78 is 0. The maximum Gasteiger partial charge on any atom is 0.117 e. The molecule has 0 N–H and O–H groups in total. The lowest BCUT2D eigenvalue weighted by Crippen LogP contribution is -2.55. The Hall–Kier alpha value is -5.60. The fourth-order valence-electron chi connectivity index (χ4n) is 11.3. The Morgan fingerprint density at radius 2 is 0.581 bits per heavy atom. The molecule has 0 aromatic heterocycles. The third-order valence-corrected chi connectivity index (χ3v) is 15.9. The van der Waals surface area contributed by atoms with Crippen LogP contribution in [0.15, 0.2) is 60.7 Å². The topological polar surface area (TPSA) is 3.24 Å². The van der Waals surface area contributed by atoms with E-state index in [1.807, 2.05) is 0 Å². The Morgan fingerprint density at radius 3 is 1.13 bits per heavy atom. The van der Waals surface area contributed by atoms with Crippen LogP contribution in [0.1, 0.15) is 0 Å². The zero-order chi connectivity index (χ0) is 63.2. The number of anilines is 3. The van der Waals surface area contributed by atoms with Gasteiger partial charge in [-0.3, -0.25) is 0 Å². The average Bonchev–Trinajstić information content (AvgIpc) is 0.784. The summed E-state index contributed by atoms with van der Waals surface area (Å²) in [6.07, 6.45) is 0. The zero-order valence-electron chi connectivity index (χ0n) is 46.0. The van der Waals surface area contributed by atoms with Gasteiger partial charge in [-0.25, -0.2) is 0 Å². The van der Waals surface area contributed by atoms with Crippen LogP contribution >= 0.6 is 0 Å². The lowest BCUT2D eigenvalue weighted by Gasteiger charge is -2.35. The second-order valence-corrected chi connectivity index (χ2v) is 20.8. The van der Waals surface area contributed by atoms with Crippen molar-refractivity contribution in [3.05, 3.63) is 60.7 Å². The molecule has 30 heteroatoms. The van der Waals surface area contributed by atoms with Gasteiger partial charge in [-0.1, -0.05) is 124 Å². The smallest absolute Gasteiger partial charge is 0.117 e. The minimum Gasteiger partial charge on any atom is -0.312 e.